The zero-order valence-electron chi connectivity index (χ0n) is 12.4. The second-order valence-corrected chi connectivity index (χ2v) is 7.51. The van der Waals surface area contributed by atoms with Crippen molar-refractivity contribution in [1.82, 2.24) is 5.43 Å². The molecule has 1 N–H and O–H groups in total. The maximum absolute atomic E-state index is 11.7. The fourth-order valence-electron chi connectivity index (χ4n) is 1.23. The van der Waals surface area contributed by atoms with Crippen LogP contribution < -0.4 is 5.43 Å². The van der Waals surface area contributed by atoms with Gasteiger partial charge in [0.05, 0.1) is 5.75 Å². The summed E-state index contributed by atoms with van der Waals surface area (Å²) in [6, 6.07) is 8.10. The van der Waals surface area contributed by atoms with Gasteiger partial charge in [0.2, 0.25) is 5.91 Å². The molecule has 0 bridgehead atoms. The Balaban J connectivity index is 2.34. The van der Waals surface area contributed by atoms with Crippen molar-refractivity contribution in [2.45, 2.75) is 33.4 Å². The molecule has 0 radical (unpaired) electrons. The van der Waals surface area contributed by atoms with Gasteiger partial charge in [-0.25, -0.2) is 5.43 Å². The first-order valence-corrected chi connectivity index (χ1v) is 8.39. The number of nitrogens with zero attached hydrogens (tertiary/aromatic N) is 1. The third-order valence-corrected chi connectivity index (χ3v) is 4.32. The first kappa shape index (κ1) is 17.2. The maximum Gasteiger partial charge on any atom is 0.250 e. The van der Waals surface area contributed by atoms with Crippen LogP contribution in [0.15, 0.2) is 33.8 Å². The monoisotopic (exact) mass is 356 g/mol. The second kappa shape index (κ2) is 7.84. The summed E-state index contributed by atoms with van der Waals surface area (Å²) in [6.07, 6.45) is 0. The zero-order valence-corrected chi connectivity index (χ0v) is 14.8. The number of nitrogens with one attached hydrogen (secondary N) is 1. The highest BCUT2D eigenvalue weighted by Gasteiger charge is 2.14. The van der Waals surface area contributed by atoms with E-state index in [0.29, 0.717) is 5.75 Å². The smallest absolute Gasteiger partial charge is 0.250 e. The van der Waals surface area contributed by atoms with Gasteiger partial charge in [0.15, 0.2) is 0 Å². The SMILES string of the molecule is C/C(=N\NC(=O)CSCc1cccc(Br)c1)C(C)(C)C. The Morgan fingerprint density at radius 2 is 2.10 bits per heavy atom. The van der Waals surface area contributed by atoms with E-state index in [9.17, 15) is 4.79 Å². The van der Waals surface area contributed by atoms with E-state index < -0.39 is 0 Å². The molecule has 1 amide bonds. The van der Waals surface area contributed by atoms with Crippen LogP contribution in [-0.4, -0.2) is 17.4 Å². The Labute approximate surface area is 133 Å². The van der Waals surface area contributed by atoms with Gasteiger partial charge in [0.1, 0.15) is 0 Å². The number of hydrazone groups is 1. The van der Waals surface area contributed by atoms with E-state index in [4.69, 9.17) is 0 Å². The molecule has 0 spiro atoms. The Kier molecular flexibility index (Phi) is 6.76. The minimum absolute atomic E-state index is 0.0171. The lowest BCUT2D eigenvalue weighted by molar-refractivity contribution is -0.118. The highest BCUT2D eigenvalue weighted by atomic mass is 79.9. The molecule has 3 nitrogen and oxygen atoms in total. The number of hydrogen-bond donors (Lipinski definition) is 1. The van der Waals surface area contributed by atoms with Crippen LogP contribution in [0.2, 0.25) is 0 Å². The minimum atomic E-state index is -0.0615. The van der Waals surface area contributed by atoms with Gasteiger partial charge in [0, 0.05) is 21.4 Å². The van der Waals surface area contributed by atoms with Crippen LogP contribution in [0.3, 0.4) is 0 Å². The van der Waals surface area contributed by atoms with Crippen LogP contribution in [0.1, 0.15) is 33.3 Å². The Hall–Kier alpha value is -0.810. The first-order chi connectivity index (χ1) is 9.29. The summed E-state index contributed by atoms with van der Waals surface area (Å²) in [5.74, 6) is 1.16. The van der Waals surface area contributed by atoms with Gasteiger partial charge in [-0.1, -0.05) is 48.8 Å². The number of thioether (sulfide) groups is 1. The summed E-state index contributed by atoms with van der Waals surface area (Å²) in [6.45, 7) is 8.13. The van der Waals surface area contributed by atoms with Gasteiger partial charge < -0.3 is 0 Å². The number of amides is 1. The molecule has 20 heavy (non-hydrogen) atoms. The Morgan fingerprint density at radius 1 is 1.40 bits per heavy atom. The molecular weight excluding hydrogens is 336 g/mol. The van der Waals surface area contributed by atoms with Crippen molar-refractivity contribution in [2.75, 3.05) is 5.75 Å². The molecule has 1 aromatic rings. The van der Waals surface area contributed by atoms with Crippen molar-refractivity contribution in [2.24, 2.45) is 10.5 Å². The van der Waals surface area contributed by atoms with E-state index in [1.54, 1.807) is 11.8 Å². The standard InChI is InChI=1S/C15H21BrN2OS/c1-11(15(2,3)4)17-18-14(19)10-20-9-12-6-5-7-13(16)8-12/h5-8H,9-10H2,1-4H3,(H,18,19)/b17-11+. The Bertz CT molecular complexity index is 495. The molecule has 0 saturated heterocycles. The lowest BCUT2D eigenvalue weighted by atomic mass is 9.91. The van der Waals surface area contributed by atoms with Crippen LogP contribution in [0.25, 0.3) is 0 Å². The largest absolute Gasteiger partial charge is 0.272 e. The zero-order chi connectivity index (χ0) is 15.2. The fourth-order valence-corrected chi connectivity index (χ4v) is 2.45. The van der Waals surface area contributed by atoms with Crippen molar-refractivity contribution >= 4 is 39.3 Å². The summed E-state index contributed by atoms with van der Waals surface area (Å²) in [5.41, 5.74) is 4.71. The van der Waals surface area contributed by atoms with Crippen LogP contribution in [0.5, 0.6) is 0 Å². The highest BCUT2D eigenvalue weighted by Crippen LogP contribution is 2.17. The molecule has 110 valence electrons. The lowest BCUT2D eigenvalue weighted by Gasteiger charge is -2.17. The number of halogens is 1. The fraction of sp³-hybridized carbons (Fsp3) is 0.467. The molecule has 0 saturated carbocycles. The van der Waals surface area contributed by atoms with Crippen molar-refractivity contribution in [1.29, 1.82) is 0 Å². The van der Waals surface area contributed by atoms with Gasteiger partial charge in [-0.3, -0.25) is 4.79 Å². The topological polar surface area (TPSA) is 41.5 Å². The van der Waals surface area contributed by atoms with E-state index in [-0.39, 0.29) is 11.3 Å². The van der Waals surface area contributed by atoms with E-state index in [1.807, 2.05) is 19.1 Å². The van der Waals surface area contributed by atoms with E-state index in [1.165, 1.54) is 5.56 Å². The quantitative estimate of drug-likeness (QED) is 0.633. The number of carbonyl (C=O) groups excluding carboxylic acids is 1. The molecule has 0 unspecified atom stereocenters. The van der Waals surface area contributed by atoms with Gasteiger partial charge in [-0.15, -0.1) is 11.8 Å². The van der Waals surface area contributed by atoms with E-state index in [0.717, 1.165) is 15.9 Å². The Morgan fingerprint density at radius 3 is 2.70 bits per heavy atom. The molecular formula is C15H21BrN2OS. The second-order valence-electron chi connectivity index (χ2n) is 5.60. The average molecular weight is 357 g/mol. The molecule has 0 aromatic heterocycles. The maximum atomic E-state index is 11.7. The number of hydrogen-bond acceptors (Lipinski definition) is 3. The minimum Gasteiger partial charge on any atom is -0.272 e. The third kappa shape index (κ3) is 6.57. The van der Waals surface area contributed by atoms with Gasteiger partial charge in [-0.05, 0) is 24.6 Å². The van der Waals surface area contributed by atoms with Gasteiger partial charge >= 0.3 is 0 Å². The predicted molar refractivity (Wildman–Crippen MR) is 91.0 cm³/mol. The molecule has 1 rings (SSSR count). The highest BCUT2D eigenvalue weighted by molar-refractivity contribution is 9.10. The summed E-state index contributed by atoms with van der Waals surface area (Å²) >= 11 is 5.02. The molecule has 0 fully saturated rings. The lowest BCUT2D eigenvalue weighted by Crippen LogP contribution is -2.25. The van der Waals surface area contributed by atoms with Crippen molar-refractivity contribution in [3.05, 3.63) is 34.3 Å². The molecule has 0 heterocycles. The average Bonchev–Trinajstić information content (AvgIpc) is 2.35. The normalized spacial score (nSPS) is 12.3. The molecule has 0 atom stereocenters. The first-order valence-electron chi connectivity index (χ1n) is 6.45. The van der Waals surface area contributed by atoms with Crippen molar-refractivity contribution < 1.29 is 4.79 Å². The van der Waals surface area contributed by atoms with Crippen LogP contribution in [0, 0.1) is 5.41 Å². The molecule has 0 aliphatic heterocycles. The number of carbonyl (C=O) groups is 1. The number of rotatable bonds is 5. The van der Waals surface area contributed by atoms with Gasteiger partial charge in [0.25, 0.3) is 0 Å². The molecule has 1 aromatic carbocycles. The summed E-state index contributed by atoms with van der Waals surface area (Å²) in [4.78, 5) is 11.7. The van der Waals surface area contributed by atoms with Crippen LogP contribution in [-0.2, 0) is 10.5 Å². The van der Waals surface area contributed by atoms with E-state index in [2.05, 4.69) is 59.4 Å². The van der Waals surface area contributed by atoms with E-state index >= 15 is 0 Å². The molecule has 5 heteroatoms. The summed E-state index contributed by atoms with van der Waals surface area (Å²) in [7, 11) is 0. The molecule has 0 aliphatic rings. The van der Waals surface area contributed by atoms with Gasteiger partial charge in [-0.2, -0.15) is 5.10 Å². The van der Waals surface area contributed by atoms with Crippen LogP contribution >= 0.6 is 27.7 Å². The van der Waals surface area contributed by atoms with Crippen LogP contribution in [0.4, 0.5) is 0 Å². The predicted octanol–water partition coefficient (Wildman–Crippen LogP) is 4.22. The summed E-state index contributed by atoms with van der Waals surface area (Å²) in [5, 5.41) is 4.13. The molecule has 0 aliphatic carbocycles. The van der Waals surface area contributed by atoms with Crippen molar-refractivity contribution in [3.63, 3.8) is 0 Å². The summed E-state index contributed by atoms with van der Waals surface area (Å²) < 4.78 is 1.06. The third-order valence-electron chi connectivity index (χ3n) is 2.82. The number of benzene rings is 1. The van der Waals surface area contributed by atoms with Crippen molar-refractivity contribution in [3.8, 4) is 0 Å².